The zero-order valence-corrected chi connectivity index (χ0v) is 71.6. The molecule has 130 heavy (non-hydrogen) atoms. The number of aromatic amines is 5. The molecule has 15 aromatic rings. The summed E-state index contributed by atoms with van der Waals surface area (Å²) < 4.78 is 114. The first-order valence-corrected chi connectivity index (χ1v) is 41.4. The molecule has 0 atom stereocenters. The molecule has 20 rings (SSSR count). The maximum Gasteiger partial charge on any atom is 0.326 e. The van der Waals surface area contributed by atoms with Crippen LogP contribution in [0.2, 0.25) is 0 Å². The van der Waals surface area contributed by atoms with Gasteiger partial charge in [0.2, 0.25) is 29.4 Å². The highest BCUT2D eigenvalue weighted by Gasteiger charge is 2.23. The van der Waals surface area contributed by atoms with Crippen LogP contribution in [0.4, 0.5) is 46.7 Å². The molecular weight excluding hydrogens is 1730 g/mol. The molecule has 0 amide bonds. The fourth-order valence-corrected chi connectivity index (χ4v) is 14.9. The van der Waals surface area contributed by atoms with E-state index in [-0.39, 0.29) is 145 Å². The molecule has 678 valence electrons. The molecule has 15 N–H and O–H groups in total. The predicted molar refractivity (Wildman–Crippen MR) is 488 cm³/mol. The third-order valence-corrected chi connectivity index (χ3v) is 21.3. The Morgan fingerprint density at radius 2 is 0.538 bits per heavy atom. The number of benzene rings is 5. The van der Waals surface area contributed by atoms with Gasteiger partial charge in [-0.15, -0.1) is 24.8 Å². The number of fused-ring (bicyclic) bond motifs is 15. The minimum atomic E-state index is -0.447. The van der Waals surface area contributed by atoms with Gasteiger partial charge in [-0.3, -0.25) is 22.8 Å². The van der Waals surface area contributed by atoms with E-state index in [9.17, 15) is 41.5 Å². The standard InChI is InChI=1S/2C18H19FN4O3.2C18H17FN4O3.C18H18N4O2.2ClH/c4*19-12-5-4-11-8-14(12)25-6-2-1-3-7-26-15-9-13-16(17(20)21-15)22-18(24)23(13)10-11;19-17-16-14-10-15(20-17)24-8-3-1-2-5-12-6-4-7-13(9-12)11-22(14)18(23)21-16;;/h2*4-5,8-9H,1-3,6-7,10H2,(H2,20,21)(H,22,24);2*1-2,4-5,8-9H,3,6-7,10H2,(H2,20,21)(H,22,24);1,3-4,6-7,9-10H,2,5,8,11H2,(H2,19,20)(H,21,23);2*1H/b;;2*2-1+;3-1+;;. The molecule has 5 aliphatic rings. The third-order valence-electron chi connectivity index (χ3n) is 21.3. The number of aryl methyl sites for hydroxylation is 1. The van der Waals surface area contributed by atoms with Crippen molar-refractivity contribution in [1.82, 2.24) is 72.7 Å². The quantitative estimate of drug-likeness (QED) is 0.0498. The highest BCUT2D eigenvalue weighted by molar-refractivity contribution is 5.89. The van der Waals surface area contributed by atoms with Gasteiger partial charge >= 0.3 is 28.4 Å². The number of nitrogens with one attached hydrogen (secondary N) is 5. The fourth-order valence-electron chi connectivity index (χ4n) is 14.9. The number of hydrogen-bond acceptors (Lipinski definition) is 24. The predicted octanol–water partition coefficient (Wildman–Crippen LogP) is 12.4. The number of anilines is 5. The summed E-state index contributed by atoms with van der Waals surface area (Å²) in [6.45, 7) is 4.94. The zero-order chi connectivity index (χ0) is 88.9. The highest BCUT2D eigenvalue weighted by atomic mass is 35.5. The smallest absolute Gasteiger partial charge is 0.326 e. The van der Waals surface area contributed by atoms with Crippen LogP contribution in [0, 0.1) is 23.3 Å². The molecule has 0 radical (unpaired) electrons. The lowest BCUT2D eigenvalue weighted by atomic mass is 10.1. The van der Waals surface area contributed by atoms with Crippen molar-refractivity contribution in [3.8, 4) is 52.4 Å². The van der Waals surface area contributed by atoms with Crippen LogP contribution < -0.4 is 99.7 Å². The third kappa shape index (κ3) is 21.6. The molecule has 5 aromatic carbocycles. The summed E-state index contributed by atoms with van der Waals surface area (Å²) >= 11 is 0. The Labute approximate surface area is 748 Å². The second-order valence-corrected chi connectivity index (χ2v) is 30.3. The van der Waals surface area contributed by atoms with Crippen LogP contribution in [0.5, 0.6) is 52.4 Å². The Hall–Kier alpha value is -15.1. The van der Waals surface area contributed by atoms with E-state index in [1.165, 1.54) is 48.1 Å². The van der Waals surface area contributed by atoms with Gasteiger partial charge in [0.05, 0.1) is 99.9 Å². The van der Waals surface area contributed by atoms with Crippen molar-refractivity contribution in [1.29, 1.82) is 0 Å². The van der Waals surface area contributed by atoms with Crippen LogP contribution in [0.1, 0.15) is 91.2 Å². The molecule has 10 aromatic heterocycles. The van der Waals surface area contributed by atoms with Crippen molar-refractivity contribution < 1.29 is 60.2 Å². The van der Waals surface area contributed by atoms with E-state index in [1.807, 2.05) is 30.4 Å². The molecule has 15 heterocycles. The molecule has 0 spiro atoms. The van der Waals surface area contributed by atoms with Gasteiger partial charge in [-0.2, -0.15) is 24.9 Å². The topological polar surface area (TPSA) is 467 Å². The summed E-state index contributed by atoms with van der Waals surface area (Å²) in [6, 6.07) is 35.1. The Balaban J connectivity index is 0.000000131. The van der Waals surface area contributed by atoms with E-state index in [1.54, 1.807) is 95.6 Å². The number of nitrogens with zero attached hydrogens (tertiary/aromatic N) is 10. The molecule has 0 fully saturated rings. The number of hydrogen-bond donors (Lipinski definition) is 10. The Kier molecular flexibility index (Phi) is 29.1. The van der Waals surface area contributed by atoms with Crippen LogP contribution in [0.25, 0.3) is 55.2 Å². The lowest BCUT2D eigenvalue weighted by Gasteiger charge is -2.10. The number of halogens is 6. The fraction of sp³-hybridized carbons (Fsp3) is 0.267. The number of imidazole rings is 5. The number of allylic oxidation sites excluding steroid dienone is 1. The van der Waals surface area contributed by atoms with Gasteiger partial charge in [0.15, 0.2) is 75.4 Å². The Bertz CT molecular complexity index is 6700. The van der Waals surface area contributed by atoms with Crippen molar-refractivity contribution in [2.45, 2.75) is 96.9 Å². The van der Waals surface area contributed by atoms with Crippen LogP contribution >= 0.6 is 24.8 Å². The summed E-state index contributed by atoms with van der Waals surface area (Å²) in [6.07, 6.45) is 19.6. The number of aromatic nitrogens is 15. The van der Waals surface area contributed by atoms with Gasteiger partial charge in [-0.1, -0.05) is 85.0 Å². The largest absolute Gasteiger partial charge is 0.491 e. The number of pyridine rings is 5. The van der Waals surface area contributed by atoms with E-state index < -0.39 is 23.3 Å². The summed E-state index contributed by atoms with van der Waals surface area (Å²) in [5, 5.41) is 0. The summed E-state index contributed by atoms with van der Waals surface area (Å²) in [5.41, 5.74) is 39.0. The monoisotopic (exact) mass is 1820 g/mol. The molecule has 0 aliphatic carbocycles. The van der Waals surface area contributed by atoms with Crippen LogP contribution in [0.3, 0.4) is 0 Å². The van der Waals surface area contributed by atoms with Gasteiger partial charge in [0.25, 0.3) is 0 Å². The summed E-state index contributed by atoms with van der Waals surface area (Å²) in [5.74, 6) is 1.92. The zero-order valence-electron chi connectivity index (χ0n) is 70.0. The van der Waals surface area contributed by atoms with Crippen molar-refractivity contribution in [3.63, 3.8) is 0 Å². The van der Waals surface area contributed by atoms with Crippen LogP contribution in [0.15, 0.2) is 188 Å². The van der Waals surface area contributed by atoms with E-state index in [2.05, 4.69) is 68.0 Å². The molecule has 20 bridgehead atoms. The van der Waals surface area contributed by atoms with Gasteiger partial charge < -0.3 is 96.2 Å². The molecule has 5 aliphatic heterocycles. The molecule has 0 unspecified atom stereocenters. The average Bonchev–Trinajstić information content (AvgIpc) is 1.65. The molecule has 0 saturated heterocycles. The first kappa shape index (κ1) is 91.1. The highest BCUT2D eigenvalue weighted by Crippen LogP contribution is 2.32. The van der Waals surface area contributed by atoms with Gasteiger partial charge in [-0.25, -0.2) is 41.5 Å². The van der Waals surface area contributed by atoms with Crippen LogP contribution in [-0.2, 0) is 39.1 Å². The summed E-state index contributed by atoms with van der Waals surface area (Å²) in [7, 11) is 0. The van der Waals surface area contributed by atoms with Gasteiger partial charge in [-0.05, 0) is 146 Å². The van der Waals surface area contributed by atoms with Crippen molar-refractivity contribution in [3.05, 3.63) is 273 Å². The number of ether oxygens (including phenoxy) is 9. The van der Waals surface area contributed by atoms with Crippen molar-refractivity contribution in [2.24, 2.45) is 0 Å². The lowest BCUT2D eigenvalue weighted by Crippen LogP contribution is -2.17. The molecule has 0 saturated carbocycles. The number of rotatable bonds is 0. The molecular formula is C90H92Cl2F4N20O14. The maximum absolute atomic E-state index is 14.0. The Morgan fingerprint density at radius 3 is 0.862 bits per heavy atom. The van der Waals surface area contributed by atoms with E-state index in [4.69, 9.17) is 71.3 Å². The molecule has 34 nitrogen and oxygen atoms in total. The van der Waals surface area contributed by atoms with Gasteiger partial charge in [0, 0.05) is 30.3 Å². The summed E-state index contributed by atoms with van der Waals surface area (Å²) in [4.78, 5) is 96.5. The van der Waals surface area contributed by atoms with Crippen molar-refractivity contribution in [2.75, 3.05) is 88.1 Å². The second kappa shape index (κ2) is 41.6. The minimum Gasteiger partial charge on any atom is -0.491 e. The number of H-pyrrole nitrogens is 5. The minimum absolute atomic E-state index is 0. The van der Waals surface area contributed by atoms with E-state index >= 15 is 0 Å². The second-order valence-electron chi connectivity index (χ2n) is 30.3. The molecule has 40 heteroatoms. The Morgan fingerprint density at radius 1 is 0.277 bits per heavy atom. The number of nitrogens with two attached hydrogens (primary N) is 5. The maximum atomic E-state index is 14.0. The number of nitrogen functional groups attached to an aromatic ring is 5. The van der Waals surface area contributed by atoms with Crippen LogP contribution in [-0.4, -0.2) is 132 Å². The lowest BCUT2D eigenvalue weighted by molar-refractivity contribution is 0.268. The average molecular weight is 1820 g/mol. The van der Waals surface area contributed by atoms with E-state index in [0.717, 1.165) is 79.2 Å². The van der Waals surface area contributed by atoms with Gasteiger partial charge in [0.1, 0.15) is 47.4 Å². The normalized spacial score (nSPS) is 15.3. The SMILES string of the molecule is Cl.Cl.Nc1nc2cc3c1[nH]c(=O)n3Cc1ccc(F)c(c1)OC/C=C/CCO2.Nc1nc2cc3c1[nH]c(=O)n3Cc1ccc(F)c(c1)OC/C=C/CCO2.Nc1nc2cc3c1[nH]c(=O)n3Cc1ccc(F)c(c1)OCCCCCO2.Nc1nc2cc3c1[nH]c(=O)n3Cc1ccc(F)c(c1)OCCCCCO2.Nc1nc2cc3c1[nH]c(=O)n3Cc1cccc(c1)CC/C=C/CO2. The first-order valence-electron chi connectivity index (χ1n) is 41.4. The van der Waals surface area contributed by atoms with E-state index in [0.29, 0.717) is 150 Å². The first-order chi connectivity index (χ1) is 62.2. The van der Waals surface area contributed by atoms with Crippen molar-refractivity contribution >= 4 is 109 Å².